The van der Waals surface area contributed by atoms with Crippen LogP contribution in [-0.4, -0.2) is 9.97 Å². The number of hydrogen-bond donors (Lipinski definition) is 1. The molecule has 1 atom stereocenters. The van der Waals surface area contributed by atoms with E-state index in [0.29, 0.717) is 0 Å². The number of aryl methyl sites for hydroxylation is 1. The molecule has 9 aromatic rings. The number of nitrogens with one attached hydrogen (secondary N) is 1. The van der Waals surface area contributed by atoms with Gasteiger partial charge in [-0.25, -0.2) is 4.98 Å². The van der Waals surface area contributed by atoms with Crippen molar-refractivity contribution in [1.82, 2.24) is 9.97 Å². The molecule has 246 valence electrons. The highest BCUT2D eigenvalue weighted by molar-refractivity contribution is 6.03. The van der Waals surface area contributed by atoms with Crippen LogP contribution in [0.3, 0.4) is 0 Å². The third kappa shape index (κ3) is 5.21. The van der Waals surface area contributed by atoms with Gasteiger partial charge in [-0.2, -0.15) is 0 Å². The Balaban J connectivity index is 0.981. The van der Waals surface area contributed by atoms with Crippen LogP contribution in [0.1, 0.15) is 29.7 Å². The van der Waals surface area contributed by atoms with E-state index in [-0.39, 0.29) is 6.04 Å². The Morgan fingerprint density at radius 3 is 2.12 bits per heavy atom. The number of aromatic nitrogens is 2. The van der Waals surface area contributed by atoms with Crippen molar-refractivity contribution in [1.29, 1.82) is 0 Å². The molecule has 0 fully saturated rings. The predicted molar refractivity (Wildman–Crippen MR) is 220 cm³/mol. The molecule has 1 unspecified atom stereocenters. The summed E-state index contributed by atoms with van der Waals surface area (Å²) in [5, 5.41) is 10.9. The van der Waals surface area contributed by atoms with E-state index in [9.17, 15) is 0 Å². The lowest BCUT2D eigenvalue weighted by Crippen LogP contribution is -2.11. The van der Waals surface area contributed by atoms with Crippen LogP contribution in [0.15, 0.2) is 164 Å². The molecular weight excluding hydrogens is 631 g/mol. The van der Waals surface area contributed by atoms with Crippen LogP contribution < -0.4 is 5.32 Å². The van der Waals surface area contributed by atoms with E-state index in [0.717, 1.165) is 39.5 Å². The van der Waals surface area contributed by atoms with Crippen LogP contribution in [0.25, 0.3) is 82.9 Å². The van der Waals surface area contributed by atoms with Crippen molar-refractivity contribution in [2.45, 2.75) is 19.4 Å². The monoisotopic (exact) mass is 665 g/mol. The minimum absolute atomic E-state index is 0.184. The molecule has 0 saturated carbocycles. The minimum Gasteiger partial charge on any atom is -0.374 e. The van der Waals surface area contributed by atoms with Gasteiger partial charge in [-0.3, -0.25) is 4.98 Å². The first-order chi connectivity index (χ1) is 25.7. The summed E-state index contributed by atoms with van der Waals surface area (Å²) < 4.78 is 0. The van der Waals surface area contributed by atoms with E-state index in [1.807, 2.05) is 12.3 Å². The summed E-state index contributed by atoms with van der Waals surface area (Å²) in [5.74, 6) is 0. The first-order valence-corrected chi connectivity index (χ1v) is 18.1. The van der Waals surface area contributed by atoms with Gasteiger partial charge in [0.2, 0.25) is 0 Å². The van der Waals surface area contributed by atoms with Gasteiger partial charge >= 0.3 is 0 Å². The van der Waals surface area contributed by atoms with Crippen LogP contribution >= 0.6 is 0 Å². The topological polar surface area (TPSA) is 37.8 Å². The van der Waals surface area contributed by atoms with Crippen LogP contribution in [0, 0.1) is 0 Å². The Labute approximate surface area is 303 Å². The lowest BCUT2D eigenvalue weighted by Gasteiger charge is -2.23. The fourth-order valence-corrected chi connectivity index (χ4v) is 7.95. The van der Waals surface area contributed by atoms with E-state index >= 15 is 0 Å². The van der Waals surface area contributed by atoms with Crippen molar-refractivity contribution in [2.75, 3.05) is 5.32 Å². The SMILES string of the molecule is CCc1c(-c2ccc3cc(-c4ccc5ccc6cccnc6c5n4)ccc3c2)ccc2ccc(-c3ccc4c(c3)C=CC(c3ccccc3)N4)cc12. The average molecular weight is 666 g/mol. The Morgan fingerprint density at radius 2 is 1.25 bits per heavy atom. The predicted octanol–water partition coefficient (Wildman–Crippen LogP) is 12.8. The molecule has 1 N–H and O–H groups in total. The first-order valence-electron chi connectivity index (χ1n) is 18.1. The molecule has 1 aliphatic rings. The Bertz CT molecular complexity index is 2870. The van der Waals surface area contributed by atoms with E-state index < -0.39 is 0 Å². The summed E-state index contributed by atoms with van der Waals surface area (Å²) in [7, 11) is 0. The Hall–Kier alpha value is -6.58. The smallest absolute Gasteiger partial charge is 0.0972 e. The molecule has 3 heterocycles. The molecule has 0 radical (unpaired) electrons. The summed E-state index contributed by atoms with van der Waals surface area (Å²) >= 11 is 0. The van der Waals surface area contributed by atoms with Crippen LogP contribution in [-0.2, 0) is 6.42 Å². The second-order valence-electron chi connectivity index (χ2n) is 13.8. The quantitative estimate of drug-likeness (QED) is 0.186. The normalized spacial score (nSPS) is 13.8. The van der Waals surface area contributed by atoms with Crippen molar-refractivity contribution >= 4 is 55.1 Å². The van der Waals surface area contributed by atoms with Crippen LogP contribution in [0.4, 0.5) is 5.69 Å². The number of fused-ring (bicyclic) bond motifs is 6. The summed E-state index contributed by atoms with van der Waals surface area (Å²) in [4.78, 5) is 9.74. The molecule has 10 rings (SSSR count). The molecule has 7 aromatic carbocycles. The lowest BCUT2D eigenvalue weighted by atomic mass is 9.89. The molecule has 0 aliphatic carbocycles. The number of anilines is 1. The van der Waals surface area contributed by atoms with Gasteiger partial charge in [0.1, 0.15) is 0 Å². The maximum Gasteiger partial charge on any atom is 0.0972 e. The van der Waals surface area contributed by atoms with E-state index in [1.54, 1.807) is 0 Å². The van der Waals surface area contributed by atoms with Gasteiger partial charge in [-0.05, 0) is 109 Å². The first kappa shape index (κ1) is 30.3. The van der Waals surface area contributed by atoms with Gasteiger partial charge in [-0.15, -0.1) is 0 Å². The summed E-state index contributed by atoms with van der Waals surface area (Å²) in [6.07, 6.45) is 7.30. The molecule has 0 bridgehead atoms. The summed E-state index contributed by atoms with van der Waals surface area (Å²) in [6.45, 7) is 2.27. The van der Waals surface area contributed by atoms with E-state index in [4.69, 9.17) is 4.98 Å². The summed E-state index contributed by atoms with van der Waals surface area (Å²) in [5.41, 5.74) is 14.0. The highest BCUT2D eigenvalue weighted by atomic mass is 14.9. The highest BCUT2D eigenvalue weighted by Gasteiger charge is 2.16. The van der Waals surface area contributed by atoms with E-state index in [2.05, 4.69) is 175 Å². The largest absolute Gasteiger partial charge is 0.374 e. The second kappa shape index (κ2) is 12.3. The second-order valence-corrected chi connectivity index (χ2v) is 13.8. The number of benzene rings is 7. The molecule has 52 heavy (non-hydrogen) atoms. The zero-order valence-corrected chi connectivity index (χ0v) is 28.8. The molecule has 3 nitrogen and oxygen atoms in total. The summed E-state index contributed by atoms with van der Waals surface area (Å²) in [6, 6.07) is 55.1. The maximum atomic E-state index is 5.09. The zero-order valence-electron chi connectivity index (χ0n) is 28.8. The van der Waals surface area contributed by atoms with Crippen molar-refractivity contribution in [3.63, 3.8) is 0 Å². The Kier molecular flexibility index (Phi) is 7.17. The van der Waals surface area contributed by atoms with Gasteiger partial charge in [0.05, 0.1) is 22.8 Å². The highest BCUT2D eigenvalue weighted by Crippen LogP contribution is 2.38. The molecule has 0 amide bonds. The molecule has 3 heteroatoms. The number of nitrogens with zero attached hydrogens (tertiary/aromatic N) is 2. The van der Waals surface area contributed by atoms with Crippen molar-refractivity contribution in [3.05, 3.63) is 181 Å². The number of hydrogen-bond acceptors (Lipinski definition) is 3. The molecular formula is C49H35N3. The third-order valence-corrected chi connectivity index (χ3v) is 10.7. The average Bonchev–Trinajstić information content (AvgIpc) is 3.22. The van der Waals surface area contributed by atoms with Gasteiger partial charge in [-0.1, -0.05) is 128 Å². The van der Waals surface area contributed by atoms with Crippen LogP contribution in [0.5, 0.6) is 0 Å². The molecule has 1 aliphatic heterocycles. The van der Waals surface area contributed by atoms with Gasteiger partial charge in [0.15, 0.2) is 0 Å². The lowest BCUT2D eigenvalue weighted by molar-refractivity contribution is 0.979. The third-order valence-electron chi connectivity index (χ3n) is 10.7. The molecule has 0 saturated heterocycles. The van der Waals surface area contributed by atoms with Crippen molar-refractivity contribution in [2.24, 2.45) is 0 Å². The van der Waals surface area contributed by atoms with Gasteiger partial charge in [0, 0.05) is 28.2 Å². The standard InChI is InChI=1S/C49H35N3/c1-2-42-43(22-18-31-10-13-38(30-44(31)42)37-20-24-46-41(29-37)21-25-45(51-46)32-7-4-3-5-8-32)39-16-14-36-28-40(17-15-35(36)27-39)47-23-19-34-12-11-33-9-6-26-50-48(33)49(34)52-47/h3-30,45,51H,2H2,1H3. The number of pyridine rings is 2. The Morgan fingerprint density at radius 1 is 0.558 bits per heavy atom. The fourth-order valence-electron chi connectivity index (χ4n) is 7.95. The maximum absolute atomic E-state index is 5.09. The number of rotatable bonds is 5. The fraction of sp³-hybridized carbons (Fsp3) is 0.0612. The van der Waals surface area contributed by atoms with Crippen LogP contribution in [0.2, 0.25) is 0 Å². The minimum atomic E-state index is 0.184. The van der Waals surface area contributed by atoms with Crippen molar-refractivity contribution in [3.8, 4) is 33.5 Å². The van der Waals surface area contributed by atoms with Crippen molar-refractivity contribution < 1.29 is 0 Å². The molecule has 2 aromatic heterocycles. The van der Waals surface area contributed by atoms with E-state index in [1.165, 1.54) is 66.2 Å². The van der Waals surface area contributed by atoms with Gasteiger partial charge in [0.25, 0.3) is 0 Å². The van der Waals surface area contributed by atoms with Gasteiger partial charge < -0.3 is 5.32 Å². The zero-order chi connectivity index (χ0) is 34.6. The molecule has 0 spiro atoms.